The molecule has 2 heterocycles. The number of rotatable bonds is 2. The second kappa shape index (κ2) is 4.92. The van der Waals surface area contributed by atoms with Crippen molar-refractivity contribution in [3.63, 3.8) is 0 Å². The molecule has 1 spiro atoms. The van der Waals surface area contributed by atoms with Gasteiger partial charge in [-0.2, -0.15) is 4.31 Å². The number of piperidine rings is 1. The van der Waals surface area contributed by atoms with Crippen molar-refractivity contribution < 1.29 is 18.0 Å². The Kier molecular flexibility index (Phi) is 3.33. The smallest absolute Gasteiger partial charge is 0.243 e. The maximum atomic E-state index is 12.6. The lowest BCUT2D eigenvalue weighted by molar-refractivity contribution is -0.142. The molecule has 2 fully saturated rings. The topological polar surface area (TPSA) is 83.6 Å². The zero-order valence-electron chi connectivity index (χ0n) is 11.4. The number of sulfonamides is 1. The maximum Gasteiger partial charge on any atom is 0.243 e. The normalized spacial score (nSPS) is 27.0. The number of nitrogens with zero attached hydrogens (tertiary/aromatic N) is 1. The van der Waals surface area contributed by atoms with Crippen molar-refractivity contribution in [1.29, 1.82) is 0 Å². The Morgan fingerprint density at radius 3 is 2.48 bits per heavy atom. The third-order valence-electron chi connectivity index (χ3n) is 4.22. The number of carbonyl (C=O) groups excluding carboxylic acids is 2. The van der Waals surface area contributed by atoms with E-state index in [1.54, 1.807) is 18.2 Å². The van der Waals surface area contributed by atoms with Crippen LogP contribution in [0.5, 0.6) is 0 Å². The van der Waals surface area contributed by atoms with E-state index in [0.717, 1.165) is 0 Å². The summed E-state index contributed by atoms with van der Waals surface area (Å²) >= 11 is 0. The Balaban J connectivity index is 1.94. The van der Waals surface area contributed by atoms with Crippen molar-refractivity contribution in [3.05, 3.63) is 30.3 Å². The van der Waals surface area contributed by atoms with Crippen LogP contribution in [0.3, 0.4) is 0 Å². The number of benzene rings is 1. The first-order chi connectivity index (χ1) is 9.97. The average Bonchev–Trinajstić information content (AvgIpc) is 2.85. The van der Waals surface area contributed by atoms with E-state index in [9.17, 15) is 18.0 Å². The standard InChI is InChI=1S/C14H16N2O4S/c17-12-6-9-16(10-14(12)7-8-15-13(14)18)21(19,20)11-4-2-1-3-5-11/h1-5H,6-10H2,(H,15,18). The van der Waals surface area contributed by atoms with E-state index in [4.69, 9.17) is 0 Å². The molecule has 6 nitrogen and oxygen atoms in total. The van der Waals surface area contributed by atoms with Crippen LogP contribution in [0.2, 0.25) is 0 Å². The number of amides is 1. The van der Waals surface area contributed by atoms with Gasteiger partial charge in [0.2, 0.25) is 15.9 Å². The Labute approximate surface area is 123 Å². The monoisotopic (exact) mass is 308 g/mol. The molecule has 1 unspecified atom stereocenters. The van der Waals surface area contributed by atoms with Crippen molar-refractivity contribution in [3.8, 4) is 0 Å². The highest BCUT2D eigenvalue weighted by molar-refractivity contribution is 7.89. The van der Waals surface area contributed by atoms with Gasteiger partial charge >= 0.3 is 0 Å². The minimum atomic E-state index is -3.67. The van der Waals surface area contributed by atoms with Crippen LogP contribution in [0.1, 0.15) is 12.8 Å². The Hall–Kier alpha value is -1.73. The summed E-state index contributed by atoms with van der Waals surface area (Å²) in [5, 5.41) is 2.64. The van der Waals surface area contributed by atoms with Crippen LogP contribution in [0.4, 0.5) is 0 Å². The lowest BCUT2D eigenvalue weighted by atomic mass is 9.78. The van der Waals surface area contributed by atoms with Gasteiger partial charge in [-0.3, -0.25) is 9.59 Å². The molecule has 1 aromatic carbocycles. The van der Waals surface area contributed by atoms with Crippen molar-refractivity contribution in [2.24, 2.45) is 5.41 Å². The molecule has 1 aromatic rings. The molecule has 0 saturated carbocycles. The Morgan fingerprint density at radius 2 is 1.86 bits per heavy atom. The van der Waals surface area contributed by atoms with Crippen molar-refractivity contribution >= 4 is 21.7 Å². The van der Waals surface area contributed by atoms with Gasteiger partial charge in [0, 0.05) is 26.1 Å². The highest BCUT2D eigenvalue weighted by Crippen LogP contribution is 2.35. The predicted molar refractivity (Wildman–Crippen MR) is 74.9 cm³/mol. The summed E-state index contributed by atoms with van der Waals surface area (Å²) in [4.78, 5) is 24.4. The fourth-order valence-electron chi connectivity index (χ4n) is 2.97. The second-order valence-corrected chi connectivity index (χ2v) is 7.35. The van der Waals surface area contributed by atoms with Gasteiger partial charge in [0.1, 0.15) is 5.41 Å². The number of ketones is 1. The summed E-state index contributed by atoms with van der Waals surface area (Å²) in [7, 11) is -3.67. The molecule has 2 saturated heterocycles. The zero-order chi connectivity index (χ0) is 15.1. The lowest BCUT2D eigenvalue weighted by Crippen LogP contribution is -2.54. The molecule has 3 rings (SSSR count). The van der Waals surface area contributed by atoms with Crippen LogP contribution in [0, 0.1) is 5.41 Å². The van der Waals surface area contributed by atoms with E-state index in [-0.39, 0.29) is 36.1 Å². The van der Waals surface area contributed by atoms with Gasteiger partial charge in [-0.05, 0) is 18.6 Å². The summed E-state index contributed by atoms with van der Waals surface area (Å²) in [6.07, 6.45) is 0.449. The number of nitrogens with one attached hydrogen (secondary N) is 1. The number of carbonyl (C=O) groups is 2. The van der Waals surface area contributed by atoms with Gasteiger partial charge in [-0.15, -0.1) is 0 Å². The first kappa shape index (κ1) is 14.2. The SMILES string of the molecule is O=C1CCN(S(=O)(=O)c2ccccc2)CC12CCNC2=O. The molecular formula is C14H16N2O4S. The summed E-state index contributed by atoms with van der Waals surface area (Å²) in [6.45, 7) is 0.490. The largest absolute Gasteiger partial charge is 0.355 e. The first-order valence-corrected chi connectivity index (χ1v) is 8.28. The molecule has 0 radical (unpaired) electrons. The summed E-state index contributed by atoms with van der Waals surface area (Å²) in [6, 6.07) is 8.09. The van der Waals surface area contributed by atoms with Gasteiger partial charge in [0.15, 0.2) is 5.78 Å². The summed E-state index contributed by atoms with van der Waals surface area (Å²) < 4.78 is 26.5. The summed E-state index contributed by atoms with van der Waals surface area (Å²) in [5.41, 5.74) is -1.19. The van der Waals surface area contributed by atoms with E-state index in [0.29, 0.717) is 13.0 Å². The van der Waals surface area contributed by atoms with Gasteiger partial charge < -0.3 is 5.32 Å². The fourth-order valence-corrected chi connectivity index (χ4v) is 4.49. The lowest BCUT2D eigenvalue weighted by Gasteiger charge is -2.36. The average molecular weight is 308 g/mol. The van der Waals surface area contributed by atoms with Crippen LogP contribution >= 0.6 is 0 Å². The molecule has 1 atom stereocenters. The zero-order valence-corrected chi connectivity index (χ0v) is 12.2. The van der Waals surface area contributed by atoms with Gasteiger partial charge in [0.25, 0.3) is 0 Å². The van der Waals surface area contributed by atoms with E-state index in [1.807, 2.05) is 0 Å². The minimum Gasteiger partial charge on any atom is -0.355 e. The second-order valence-electron chi connectivity index (χ2n) is 5.41. The van der Waals surface area contributed by atoms with Crippen molar-refractivity contribution in [2.75, 3.05) is 19.6 Å². The van der Waals surface area contributed by atoms with Crippen LogP contribution in [0.25, 0.3) is 0 Å². The molecular weight excluding hydrogens is 292 g/mol. The number of hydrogen-bond acceptors (Lipinski definition) is 4. The van der Waals surface area contributed by atoms with Crippen molar-refractivity contribution in [2.45, 2.75) is 17.7 Å². The van der Waals surface area contributed by atoms with Crippen molar-refractivity contribution in [1.82, 2.24) is 9.62 Å². The van der Waals surface area contributed by atoms with E-state index >= 15 is 0 Å². The van der Waals surface area contributed by atoms with Crippen LogP contribution in [0.15, 0.2) is 35.2 Å². The first-order valence-electron chi connectivity index (χ1n) is 6.84. The maximum absolute atomic E-state index is 12.6. The molecule has 1 amide bonds. The van der Waals surface area contributed by atoms with Crippen LogP contribution in [-0.4, -0.2) is 44.0 Å². The quantitative estimate of drug-likeness (QED) is 0.789. The summed E-state index contributed by atoms with van der Waals surface area (Å²) in [5.74, 6) is -0.502. The van der Waals surface area contributed by atoms with Gasteiger partial charge in [-0.1, -0.05) is 18.2 Å². The highest BCUT2D eigenvalue weighted by atomic mass is 32.2. The molecule has 7 heteroatoms. The van der Waals surface area contributed by atoms with Gasteiger partial charge in [-0.25, -0.2) is 8.42 Å². The van der Waals surface area contributed by atoms with Gasteiger partial charge in [0.05, 0.1) is 4.90 Å². The number of hydrogen-bond donors (Lipinski definition) is 1. The number of Topliss-reactive ketones (excluding diaryl/α,β-unsaturated/α-hetero) is 1. The Bertz CT molecular complexity index is 686. The molecule has 21 heavy (non-hydrogen) atoms. The van der Waals surface area contributed by atoms with E-state index < -0.39 is 15.4 Å². The third kappa shape index (κ3) is 2.16. The molecule has 1 N–H and O–H groups in total. The van der Waals surface area contributed by atoms with E-state index in [2.05, 4.69) is 5.32 Å². The Morgan fingerprint density at radius 1 is 1.14 bits per heavy atom. The molecule has 2 aliphatic heterocycles. The molecule has 0 bridgehead atoms. The van der Waals surface area contributed by atoms with E-state index in [1.165, 1.54) is 16.4 Å². The molecule has 112 valence electrons. The predicted octanol–water partition coefficient (Wildman–Crippen LogP) is 0.156. The molecule has 2 aliphatic rings. The highest BCUT2D eigenvalue weighted by Gasteiger charge is 2.53. The third-order valence-corrected chi connectivity index (χ3v) is 6.08. The molecule has 0 aromatic heterocycles. The van der Waals surface area contributed by atoms with Crippen LogP contribution in [-0.2, 0) is 19.6 Å². The minimum absolute atomic E-state index is 0.0606. The molecule has 0 aliphatic carbocycles. The fraction of sp³-hybridized carbons (Fsp3) is 0.429. The van der Waals surface area contributed by atoms with Crippen LogP contribution < -0.4 is 5.32 Å².